The Morgan fingerprint density at radius 1 is 1.00 bits per heavy atom. The quantitative estimate of drug-likeness (QED) is 0.384. The van der Waals surface area contributed by atoms with Crippen LogP contribution < -0.4 is 10.4 Å². The van der Waals surface area contributed by atoms with Crippen molar-refractivity contribution in [2.75, 3.05) is 6.61 Å². The fourth-order valence-electron chi connectivity index (χ4n) is 4.46. The SMILES string of the molecule is CC(C)=c1ccc2c(c1C1=C(CCCO[Si](C)(C)C)C=CC1)C=c1ccccc1=2. The van der Waals surface area contributed by atoms with Gasteiger partial charge in [-0.2, -0.15) is 0 Å². The third kappa shape index (κ3) is 4.10. The van der Waals surface area contributed by atoms with Crippen molar-refractivity contribution in [3.8, 4) is 0 Å². The van der Waals surface area contributed by atoms with Crippen LogP contribution in [-0.2, 0) is 4.43 Å². The standard InChI is InChI=1S/C27H32OSi/c1-19(2)22-15-16-25-23-13-7-6-10-21(23)18-26(25)27(22)24-14-8-11-20(24)12-9-17-28-29(3,4)5/h6-8,10-11,13,15-16,18H,9,12,14,17H2,1-5H3. The molecule has 1 nitrogen and oxygen atoms in total. The highest BCUT2D eigenvalue weighted by Gasteiger charge is 2.19. The van der Waals surface area contributed by atoms with Crippen molar-refractivity contribution in [2.45, 2.75) is 52.8 Å². The number of benzene rings is 2. The molecule has 0 fully saturated rings. The van der Waals surface area contributed by atoms with E-state index in [0.29, 0.717) is 0 Å². The Kier molecular flexibility index (Phi) is 5.50. The van der Waals surface area contributed by atoms with Gasteiger partial charge in [0.15, 0.2) is 8.32 Å². The second-order valence-corrected chi connectivity index (χ2v) is 13.9. The zero-order valence-electron chi connectivity index (χ0n) is 18.4. The van der Waals surface area contributed by atoms with Gasteiger partial charge >= 0.3 is 0 Å². The summed E-state index contributed by atoms with van der Waals surface area (Å²) in [5, 5.41) is 5.47. The van der Waals surface area contributed by atoms with Gasteiger partial charge in [-0.1, -0.05) is 54.1 Å². The van der Waals surface area contributed by atoms with E-state index in [1.165, 1.54) is 48.7 Å². The third-order valence-electron chi connectivity index (χ3n) is 5.79. The minimum Gasteiger partial charge on any atom is -0.418 e. The van der Waals surface area contributed by atoms with E-state index >= 15 is 0 Å². The number of allylic oxidation sites excluding steroid dienone is 4. The predicted octanol–water partition coefficient (Wildman–Crippen LogP) is 5.65. The zero-order chi connectivity index (χ0) is 20.6. The molecule has 2 aliphatic carbocycles. The van der Waals surface area contributed by atoms with Gasteiger partial charge in [-0.3, -0.25) is 0 Å². The van der Waals surface area contributed by atoms with Crippen LogP contribution >= 0.6 is 0 Å². The summed E-state index contributed by atoms with van der Waals surface area (Å²) in [6.07, 6.45) is 10.3. The van der Waals surface area contributed by atoms with Crippen molar-refractivity contribution in [3.05, 3.63) is 86.1 Å². The molecular formula is C27H32OSi. The van der Waals surface area contributed by atoms with E-state index in [2.05, 4.69) is 88.1 Å². The van der Waals surface area contributed by atoms with Crippen molar-refractivity contribution in [2.24, 2.45) is 0 Å². The molecule has 0 saturated carbocycles. The minimum atomic E-state index is -1.43. The molecule has 0 bridgehead atoms. The van der Waals surface area contributed by atoms with Crippen molar-refractivity contribution in [1.82, 2.24) is 0 Å². The van der Waals surface area contributed by atoms with Crippen molar-refractivity contribution in [1.29, 1.82) is 0 Å². The topological polar surface area (TPSA) is 9.23 Å². The van der Waals surface area contributed by atoms with Gasteiger partial charge in [0.1, 0.15) is 0 Å². The molecule has 29 heavy (non-hydrogen) atoms. The molecule has 150 valence electrons. The normalized spacial score (nSPS) is 14.8. The van der Waals surface area contributed by atoms with Crippen LogP contribution in [-0.4, -0.2) is 14.9 Å². The summed E-state index contributed by atoms with van der Waals surface area (Å²) in [5.41, 5.74) is 7.23. The van der Waals surface area contributed by atoms with E-state index in [9.17, 15) is 0 Å². The van der Waals surface area contributed by atoms with Crippen molar-refractivity contribution < 1.29 is 4.43 Å². The molecule has 2 aromatic carbocycles. The van der Waals surface area contributed by atoms with Crippen LogP contribution in [0.3, 0.4) is 0 Å². The molecule has 2 heteroatoms. The Morgan fingerprint density at radius 2 is 1.79 bits per heavy atom. The molecule has 0 spiro atoms. The molecule has 0 aromatic heterocycles. The van der Waals surface area contributed by atoms with E-state index in [0.717, 1.165) is 25.9 Å². The van der Waals surface area contributed by atoms with Crippen LogP contribution in [0.15, 0.2) is 54.1 Å². The molecule has 0 saturated heterocycles. The lowest BCUT2D eigenvalue weighted by Gasteiger charge is -2.17. The Labute approximate surface area is 175 Å². The smallest absolute Gasteiger partial charge is 0.183 e. The maximum Gasteiger partial charge on any atom is 0.183 e. The summed E-state index contributed by atoms with van der Waals surface area (Å²) in [6.45, 7) is 12.1. The maximum atomic E-state index is 6.09. The fraction of sp³-hybridized carbons (Fsp3) is 0.333. The molecule has 0 aliphatic heterocycles. The monoisotopic (exact) mass is 400 g/mol. The highest BCUT2D eigenvalue weighted by Crippen LogP contribution is 2.33. The summed E-state index contributed by atoms with van der Waals surface area (Å²) >= 11 is 0. The van der Waals surface area contributed by atoms with Crippen LogP contribution in [0.5, 0.6) is 0 Å². The Morgan fingerprint density at radius 3 is 2.55 bits per heavy atom. The summed E-state index contributed by atoms with van der Waals surface area (Å²) in [5.74, 6) is 0. The molecule has 2 aromatic rings. The average molecular weight is 401 g/mol. The molecular weight excluding hydrogens is 368 g/mol. The first-order valence-electron chi connectivity index (χ1n) is 10.8. The van der Waals surface area contributed by atoms with Crippen LogP contribution in [0.25, 0.3) is 17.2 Å². The predicted molar refractivity (Wildman–Crippen MR) is 127 cm³/mol. The van der Waals surface area contributed by atoms with Gasteiger partial charge in [0, 0.05) is 6.61 Å². The highest BCUT2D eigenvalue weighted by atomic mass is 28.4. The molecule has 4 rings (SSSR count). The second-order valence-electron chi connectivity index (χ2n) is 9.36. The molecule has 0 heterocycles. The maximum absolute atomic E-state index is 6.09. The molecule has 0 atom stereocenters. The van der Waals surface area contributed by atoms with Crippen LogP contribution in [0.4, 0.5) is 0 Å². The van der Waals surface area contributed by atoms with E-state index in [1.54, 1.807) is 0 Å². The molecule has 2 aliphatic rings. The van der Waals surface area contributed by atoms with E-state index < -0.39 is 8.32 Å². The molecule has 0 N–H and O–H groups in total. The lowest BCUT2D eigenvalue weighted by molar-refractivity contribution is 0.305. The Balaban J connectivity index is 1.80. The number of rotatable bonds is 6. The largest absolute Gasteiger partial charge is 0.418 e. The summed E-state index contributed by atoms with van der Waals surface area (Å²) in [7, 11) is -1.43. The average Bonchev–Trinajstić information content (AvgIpc) is 3.27. The van der Waals surface area contributed by atoms with Crippen LogP contribution in [0.1, 0.15) is 44.2 Å². The zero-order valence-corrected chi connectivity index (χ0v) is 19.4. The molecule has 0 amide bonds. The number of hydrogen-bond donors (Lipinski definition) is 0. The van der Waals surface area contributed by atoms with Gasteiger partial charge in [0.2, 0.25) is 0 Å². The summed E-state index contributed by atoms with van der Waals surface area (Å²) in [6, 6.07) is 13.4. The number of fused-ring (bicyclic) bond motifs is 2. The Hall–Kier alpha value is -2.16. The Bertz CT molecular complexity index is 1220. The minimum absolute atomic E-state index is 0.872. The van der Waals surface area contributed by atoms with E-state index in [1.807, 2.05) is 0 Å². The van der Waals surface area contributed by atoms with Crippen molar-refractivity contribution >= 4 is 25.5 Å². The van der Waals surface area contributed by atoms with Gasteiger partial charge in [0.25, 0.3) is 0 Å². The first-order chi connectivity index (χ1) is 13.8. The van der Waals surface area contributed by atoms with Gasteiger partial charge in [-0.25, -0.2) is 0 Å². The first-order valence-corrected chi connectivity index (χ1v) is 14.2. The van der Waals surface area contributed by atoms with E-state index in [4.69, 9.17) is 4.43 Å². The van der Waals surface area contributed by atoms with Gasteiger partial charge in [-0.05, 0) is 102 Å². The van der Waals surface area contributed by atoms with Gasteiger partial charge in [-0.15, -0.1) is 0 Å². The lowest BCUT2D eigenvalue weighted by atomic mass is 9.91. The van der Waals surface area contributed by atoms with E-state index in [-0.39, 0.29) is 0 Å². The molecule has 0 radical (unpaired) electrons. The van der Waals surface area contributed by atoms with Crippen LogP contribution in [0, 0.1) is 10.4 Å². The molecule has 0 unspecified atom stereocenters. The third-order valence-corrected chi connectivity index (χ3v) is 6.86. The highest BCUT2D eigenvalue weighted by molar-refractivity contribution is 6.69. The van der Waals surface area contributed by atoms with Gasteiger partial charge in [0.05, 0.1) is 0 Å². The summed E-state index contributed by atoms with van der Waals surface area (Å²) < 4.78 is 6.09. The van der Waals surface area contributed by atoms with Crippen LogP contribution in [0.2, 0.25) is 19.6 Å². The summed E-state index contributed by atoms with van der Waals surface area (Å²) in [4.78, 5) is 0. The fourth-order valence-corrected chi connectivity index (χ4v) is 5.22. The van der Waals surface area contributed by atoms with Crippen molar-refractivity contribution in [3.63, 3.8) is 0 Å². The van der Waals surface area contributed by atoms with Gasteiger partial charge < -0.3 is 4.43 Å². The second kappa shape index (κ2) is 7.93. The first kappa shape index (κ1) is 20.1. The lowest BCUT2D eigenvalue weighted by Crippen LogP contribution is -2.25. The number of hydrogen-bond acceptors (Lipinski definition) is 1.